The number of rotatable bonds is 5. The molecule has 0 saturated carbocycles. The number of hydrogen-bond acceptors (Lipinski definition) is 2. The number of hydrogen-bond donors (Lipinski definition) is 0. The highest BCUT2D eigenvalue weighted by atomic mass is 16.7. The summed E-state index contributed by atoms with van der Waals surface area (Å²) in [5.74, 6) is -0.818. The van der Waals surface area contributed by atoms with Crippen molar-refractivity contribution in [1.29, 1.82) is 0 Å². The lowest BCUT2D eigenvalue weighted by atomic mass is 9.76. The molecule has 0 unspecified atom stereocenters. The maximum Gasteiger partial charge on any atom is 0.208 e. The first-order valence-electron chi connectivity index (χ1n) is 9.63. The van der Waals surface area contributed by atoms with E-state index in [2.05, 4.69) is 84.4 Å². The molecule has 26 heavy (non-hydrogen) atoms. The molecule has 0 amide bonds. The SMILES string of the molecule is CCOC1(OCC)C=C(c2[c]c(C(C)(C)C)ccc2)[CH]C(C(C)(C)C)=C1. The molecule has 1 aliphatic carbocycles. The third-order valence-electron chi connectivity index (χ3n) is 4.54. The van der Waals surface area contributed by atoms with Gasteiger partial charge in [0.15, 0.2) is 0 Å². The van der Waals surface area contributed by atoms with Crippen LogP contribution in [-0.4, -0.2) is 19.0 Å². The van der Waals surface area contributed by atoms with Crippen LogP contribution in [0.1, 0.15) is 66.5 Å². The van der Waals surface area contributed by atoms with Gasteiger partial charge < -0.3 is 9.47 Å². The fourth-order valence-corrected chi connectivity index (χ4v) is 3.05. The highest BCUT2D eigenvalue weighted by Crippen LogP contribution is 2.41. The van der Waals surface area contributed by atoms with Gasteiger partial charge in [-0.15, -0.1) is 0 Å². The van der Waals surface area contributed by atoms with Gasteiger partial charge in [-0.1, -0.05) is 65.3 Å². The lowest BCUT2D eigenvalue weighted by Gasteiger charge is -2.36. The summed E-state index contributed by atoms with van der Waals surface area (Å²) in [6.07, 6.45) is 6.46. The fourth-order valence-electron chi connectivity index (χ4n) is 3.05. The molecule has 0 heterocycles. The molecular weight excluding hydrogens is 320 g/mol. The summed E-state index contributed by atoms with van der Waals surface area (Å²) in [6, 6.07) is 9.98. The van der Waals surface area contributed by atoms with Gasteiger partial charge in [0.25, 0.3) is 0 Å². The van der Waals surface area contributed by atoms with E-state index in [0.29, 0.717) is 13.2 Å². The summed E-state index contributed by atoms with van der Waals surface area (Å²) in [6.45, 7) is 18.5. The van der Waals surface area contributed by atoms with Gasteiger partial charge in [0.05, 0.1) is 0 Å². The second-order valence-electron chi connectivity index (χ2n) is 8.91. The summed E-state index contributed by atoms with van der Waals surface area (Å²) in [4.78, 5) is 0. The van der Waals surface area contributed by atoms with Gasteiger partial charge in [0, 0.05) is 19.6 Å². The highest BCUT2D eigenvalue weighted by molar-refractivity contribution is 5.78. The first-order valence-corrected chi connectivity index (χ1v) is 9.63. The van der Waals surface area contributed by atoms with Crippen LogP contribution in [0.3, 0.4) is 0 Å². The molecule has 1 aliphatic rings. The number of allylic oxidation sites excluding steroid dienone is 2. The second kappa shape index (κ2) is 7.70. The van der Waals surface area contributed by atoms with Crippen LogP contribution in [0.4, 0.5) is 0 Å². The van der Waals surface area contributed by atoms with Crippen LogP contribution >= 0.6 is 0 Å². The van der Waals surface area contributed by atoms with Crippen molar-refractivity contribution in [3.8, 4) is 0 Å². The van der Waals surface area contributed by atoms with E-state index >= 15 is 0 Å². The lowest BCUT2D eigenvalue weighted by Crippen LogP contribution is -2.36. The maximum absolute atomic E-state index is 6.08. The van der Waals surface area contributed by atoms with Crippen LogP contribution in [0.25, 0.3) is 5.57 Å². The zero-order valence-corrected chi connectivity index (χ0v) is 17.7. The largest absolute Gasteiger partial charge is 0.343 e. The fraction of sp³-hybridized carbons (Fsp3) is 0.542. The molecule has 142 valence electrons. The highest BCUT2D eigenvalue weighted by Gasteiger charge is 2.35. The Labute approximate surface area is 160 Å². The zero-order valence-electron chi connectivity index (χ0n) is 17.7. The van der Waals surface area contributed by atoms with Crippen molar-refractivity contribution in [2.24, 2.45) is 5.41 Å². The van der Waals surface area contributed by atoms with Gasteiger partial charge in [-0.3, -0.25) is 0 Å². The van der Waals surface area contributed by atoms with E-state index in [1.807, 2.05) is 13.8 Å². The van der Waals surface area contributed by atoms with Gasteiger partial charge >= 0.3 is 0 Å². The standard InChI is InChI=1S/C24H34O2/c1-9-25-24(26-10-2)16-19(15-21(17-24)23(6,7)8)18-12-11-13-20(14-18)22(3,4)5/h11-13,15-17H,9-10H2,1-8H3. The van der Waals surface area contributed by atoms with Crippen LogP contribution < -0.4 is 0 Å². The first-order chi connectivity index (χ1) is 12.0. The Bertz CT molecular complexity index is 675. The minimum Gasteiger partial charge on any atom is -0.343 e. The molecule has 2 rings (SSSR count). The summed E-state index contributed by atoms with van der Waals surface area (Å²) in [5, 5.41) is 0. The minimum atomic E-state index is -0.818. The smallest absolute Gasteiger partial charge is 0.208 e. The Morgan fingerprint density at radius 1 is 0.885 bits per heavy atom. The molecule has 0 aliphatic heterocycles. The zero-order chi connectivity index (χ0) is 19.6. The van der Waals surface area contributed by atoms with E-state index in [-0.39, 0.29) is 10.8 Å². The van der Waals surface area contributed by atoms with Gasteiger partial charge in [-0.2, -0.15) is 0 Å². The molecule has 2 radical (unpaired) electrons. The normalized spacial score (nSPS) is 17.7. The van der Waals surface area contributed by atoms with Crippen molar-refractivity contribution >= 4 is 5.57 Å². The van der Waals surface area contributed by atoms with E-state index < -0.39 is 5.79 Å². The first kappa shape index (κ1) is 20.9. The molecule has 2 nitrogen and oxygen atoms in total. The van der Waals surface area contributed by atoms with Gasteiger partial charge in [0.1, 0.15) is 0 Å². The Morgan fingerprint density at radius 3 is 2.00 bits per heavy atom. The molecular formula is C24H34O2. The van der Waals surface area contributed by atoms with E-state index in [1.165, 1.54) is 11.1 Å². The van der Waals surface area contributed by atoms with Gasteiger partial charge in [-0.05, 0) is 59.6 Å². The molecule has 0 saturated heterocycles. The summed E-state index contributed by atoms with van der Waals surface area (Å²) < 4.78 is 12.2. The predicted molar refractivity (Wildman–Crippen MR) is 110 cm³/mol. The second-order valence-corrected chi connectivity index (χ2v) is 8.91. The number of ether oxygens (including phenoxy) is 2. The van der Waals surface area contributed by atoms with Crippen molar-refractivity contribution in [1.82, 2.24) is 0 Å². The molecule has 0 N–H and O–H groups in total. The molecule has 1 aromatic carbocycles. The van der Waals surface area contributed by atoms with Crippen LogP contribution in [-0.2, 0) is 14.9 Å². The van der Waals surface area contributed by atoms with E-state index in [1.54, 1.807) is 0 Å². The monoisotopic (exact) mass is 354 g/mol. The summed E-state index contributed by atoms with van der Waals surface area (Å²) >= 11 is 0. The van der Waals surface area contributed by atoms with E-state index in [9.17, 15) is 0 Å². The predicted octanol–water partition coefficient (Wildman–Crippen LogP) is 6.13. The lowest BCUT2D eigenvalue weighted by molar-refractivity contribution is -0.166. The quantitative estimate of drug-likeness (QED) is 0.592. The Hall–Kier alpha value is -1.38. The van der Waals surface area contributed by atoms with Crippen molar-refractivity contribution in [3.05, 3.63) is 59.5 Å². The van der Waals surface area contributed by atoms with Gasteiger partial charge in [0.2, 0.25) is 5.79 Å². The minimum absolute atomic E-state index is 0.000596. The van der Waals surface area contributed by atoms with Crippen LogP contribution in [0, 0.1) is 17.9 Å². The average molecular weight is 355 g/mol. The molecule has 0 spiro atoms. The topological polar surface area (TPSA) is 18.5 Å². The Balaban J connectivity index is 2.55. The van der Waals surface area contributed by atoms with Crippen LogP contribution in [0.5, 0.6) is 0 Å². The van der Waals surface area contributed by atoms with E-state index in [0.717, 1.165) is 11.1 Å². The Morgan fingerprint density at radius 2 is 1.50 bits per heavy atom. The molecule has 0 atom stereocenters. The Kier molecular flexibility index (Phi) is 6.20. The van der Waals surface area contributed by atoms with E-state index in [4.69, 9.17) is 9.47 Å². The molecule has 0 fully saturated rings. The summed E-state index contributed by atoms with van der Waals surface area (Å²) in [7, 11) is 0. The van der Waals surface area contributed by atoms with Crippen molar-refractivity contribution in [3.63, 3.8) is 0 Å². The van der Waals surface area contributed by atoms with Gasteiger partial charge in [-0.25, -0.2) is 0 Å². The van der Waals surface area contributed by atoms with Crippen LogP contribution in [0.2, 0.25) is 0 Å². The van der Waals surface area contributed by atoms with Crippen LogP contribution in [0.15, 0.2) is 35.9 Å². The molecule has 0 bridgehead atoms. The molecule has 2 heteroatoms. The maximum atomic E-state index is 6.08. The molecule has 0 aromatic heterocycles. The summed E-state index contributed by atoms with van der Waals surface area (Å²) in [5.41, 5.74) is 4.66. The van der Waals surface area contributed by atoms with Crippen molar-refractivity contribution in [2.75, 3.05) is 13.2 Å². The average Bonchev–Trinajstić information content (AvgIpc) is 2.53. The van der Waals surface area contributed by atoms with Crippen molar-refractivity contribution in [2.45, 2.75) is 66.6 Å². The van der Waals surface area contributed by atoms with Crippen molar-refractivity contribution < 1.29 is 9.47 Å². The third-order valence-corrected chi connectivity index (χ3v) is 4.54. The number of benzene rings is 1. The third kappa shape index (κ3) is 4.86. The molecule has 1 aromatic rings.